The highest BCUT2D eigenvalue weighted by molar-refractivity contribution is 7.91. The summed E-state index contributed by atoms with van der Waals surface area (Å²) in [6.45, 7) is 0. The molecule has 0 aliphatic rings. The van der Waals surface area contributed by atoms with Crippen LogP contribution in [0.15, 0.2) is 52.3 Å². The molecule has 0 fully saturated rings. The summed E-state index contributed by atoms with van der Waals surface area (Å²) in [6.07, 6.45) is 0. The van der Waals surface area contributed by atoms with E-state index in [4.69, 9.17) is 23.2 Å². The van der Waals surface area contributed by atoms with Gasteiger partial charge in [0.15, 0.2) is 0 Å². The molecule has 0 spiro atoms. The summed E-state index contributed by atoms with van der Waals surface area (Å²) in [5.41, 5.74) is 0. The Morgan fingerprint density at radius 1 is 1.00 bits per heavy atom. The second-order valence-electron chi connectivity index (χ2n) is 3.55. The van der Waals surface area contributed by atoms with Crippen molar-refractivity contribution in [2.75, 3.05) is 0 Å². The topological polar surface area (TPSA) is 54.4 Å². The van der Waals surface area contributed by atoms with E-state index in [1.807, 2.05) is 0 Å². The van der Waals surface area contributed by atoms with Crippen LogP contribution >= 0.6 is 23.2 Å². The number of aromatic hydroxyl groups is 1. The van der Waals surface area contributed by atoms with E-state index >= 15 is 0 Å². The van der Waals surface area contributed by atoms with E-state index in [9.17, 15) is 13.5 Å². The Balaban J connectivity index is 2.70. The number of hydrogen-bond acceptors (Lipinski definition) is 3. The number of halogens is 2. The van der Waals surface area contributed by atoms with E-state index in [-0.39, 0.29) is 25.6 Å². The molecule has 2 aromatic rings. The van der Waals surface area contributed by atoms with Crippen molar-refractivity contribution in [3.05, 3.63) is 52.5 Å². The predicted octanol–water partition coefficient (Wildman–Crippen LogP) is 3.53. The van der Waals surface area contributed by atoms with Crippen molar-refractivity contribution in [2.24, 2.45) is 0 Å². The second kappa shape index (κ2) is 4.80. The van der Waals surface area contributed by atoms with Crippen molar-refractivity contribution in [3.8, 4) is 5.75 Å². The zero-order valence-electron chi connectivity index (χ0n) is 8.97. The van der Waals surface area contributed by atoms with Gasteiger partial charge in [0.25, 0.3) is 0 Å². The first-order valence-corrected chi connectivity index (χ1v) is 7.15. The van der Waals surface area contributed by atoms with Crippen LogP contribution < -0.4 is 0 Å². The maximum Gasteiger partial charge on any atom is 0.208 e. The van der Waals surface area contributed by atoms with Crippen LogP contribution in [0.3, 0.4) is 0 Å². The van der Waals surface area contributed by atoms with Crippen molar-refractivity contribution < 1.29 is 13.5 Å². The Morgan fingerprint density at radius 3 is 2.22 bits per heavy atom. The van der Waals surface area contributed by atoms with Crippen LogP contribution in [0, 0.1) is 0 Å². The van der Waals surface area contributed by atoms with E-state index in [1.54, 1.807) is 18.2 Å². The summed E-state index contributed by atoms with van der Waals surface area (Å²) >= 11 is 11.5. The molecule has 1 N–H and O–H groups in total. The molecule has 0 unspecified atom stereocenters. The van der Waals surface area contributed by atoms with Crippen molar-refractivity contribution in [2.45, 2.75) is 9.79 Å². The third kappa shape index (κ3) is 2.32. The molecule has 0 heterocycles. The Kier molecular flexibility index (Phi) is 3.52. The molecular weight excluding hydrogens is 295 g/mol. The first kappa shape index (κ1) is 13.2. The van der Waals surface area contributed by atoms with Crippen molar-refractivity contribution in [3.63, 3.8) is 0 Å². The molecule has 6 heteroatoms. The largest absolute Gasteiger partial charge is 0.506 e. The minimum atomic E-state index is -3.79. The maximum atomic E-state index is 12.3. The molecule has 0 bridgehead atoms. The minimum Gasteiger partial charge on any atom is -0.506 e. The summed E-state index contributed by atoms with van der Waals surface area (Å²) in [6, 6.07) is 10.2. The summed E-state index contributed by atoms with van der Waals surface area (Å²) in [5.74, 6) is -0.362. The quantitative estimate of drug-likeness (QED) is 0.923. The van der Waals surface area contributed by atoms with Gasteiger partial charge < -0.3 is 5.11 Å². The molecule has 0 amide bonds. The fourth-order valence-corrected chi connectivity index (χ4v) is 3.56. The lowest BCUT2D eigenvalue weighted by molar-refractivity contribution is 0.473. The normalized spacial score (nSPS) is 11.4. The number of sulfone groups is 1. The SMILES string of the molecule is O=S(=O)(c1ccccc1)c1cc(Cl)cc(O)c1Cl. The highest BCUT2D eigenvalue weighted by Gasteiger charge is 2.23. The second-order valence-corrected chi connectivity index (χ2v) is 6.29. The molecule has 0 saturated heterocycles. The number of benzene rings is 2. The third-order valence-electron chi connectivity index (χ3n) is 2.33. The smallest absolute Gasteiger partial charge is 0.208 e. The molecule has 2 aromatic carbocycles. The van der Waals surface area contributed by atoms with Gasteiger partial charge in [0.2, 0.25) is 9.84 Å². The lowest BCUT2D eigenvalue weighted by Crippen LogP contribution is -2.02. The highest BCUT2D eigenvalue weighted by Crippen LogP contribution is 2.36. The molecule has 0 radical (unpaired) electrons. The van der Waals surface area contributed by atoms with Crippen LogP contribution in [-0.4, -0.2) is 13.5 Å². The summed E-state index contributed by atoms with van der Waals surface area (Å²) < 4.78 is 24.6. The van der Waals surface area contributed by atoms with Gasteiger partial charge in [-0.1, -0.05) is 41.4 Å². The van der Waals surface area contributed by atoms with Gasteiger partial charge in [-0.3, -0.25) is 0 Å². The first-order valence-electron chi connectivity index (χ1n) is 4.91. The molecule has 94 valence electrons. The van der Waals surface area contributed by atoms with Crippen LogP contribution in [0.5, 0.6) is 5.75 Å². The average Bonchev–Trinajstić information content (AvgIpc) is 2.34. The van der Waals surface area contributed by atoms with Gasteiger partial charge in [0, 0.05) is 11.1 Å². The van der Waals surface area contributed by atoms with Crippen LogP contribution in [0.1, 0.15) is 0 Å². The van der Waals surface area contributed by atoms with Crippen molar-refractivity contribution >= 4 is 33.0 Å². The standard InChI is InChI=1S/C12H8Cl2O3S/c13-8-6-10(15)12(14)11(7-8)18(16,17)9-4-2-1-3-5-9/h1-7,15H. The summed E-state index contributed by atoms with van der Waals surface area (Å²) in [7, 11) is -3.79. The van der Waals surface area contributed by atoms with Gasteiger partial charge in [0.1, 0.15) is 10.8 Å². The first-order chi connectivity index (χ1) is 8.43. The Labute approximate surface area is 115 Å². The number of phenols is 1. The Hall–Kier alpha value is -1.23. The molecule has 2 rings (SSSR count). The monoisotopic (exact) mass is 302 g/mol. The lowest BCUT2D eigenvalue weighted by atomic mass is 10.3. The Bertz CT molecular complexity index is 682. The fourth-order valence-electron chi connectivity index (χ4n) is 1.47. The van der Waals surface area contributed by atoms with Gasteiger partial charge in [0.05, 0.1) is 9.79 Å². The highest BCUT2D eigenvalue weighted by atomic mass is 35.5. The Morgan fingerprint density at radius 2 is 1.61 bits per heavy atom. The van der Waals surface area contributed by atoms with Crippen LogP contribution in [0.4, 0.5) is 0 Å². The van der Waals surface area contributed by atoms with Gasteiger partial charge in [-0.2, -0.15) is 0 Å². The van der Waals surface area contributed by atoms with Gasteiger partial charge >= 0.3 is 0 Å². The van der Waals surface area contributed by atoms with E-state index in [1.165, 1.54) is 24.3 Å². The number of hydrogen-bond donors (Lipinski definition) is 1. The molecule has 3 nitrogen and oxygen atoms in total. The number of rotatable bonds is 2. The van der Waals surface area contributed by atoms with Gasteiger partial charge in [-0.05, 0) is 18.2 Å². The molecule has 0 aliphatic carbocycles. The van der Waals surface area contributed by atoms with E-state index < -0.39 is 9.84 Å². The molecule has 0 saturated carbocycles. The maximum absolute atomic E-state index is 12.3. The molecule has 0 atom stereocenters. The van der Waals surface area contributed by atoms with Crippen molar-refractivity contribution in [1.82, 2.24) is 0 Å². The van der Waals surface area contributed by atoms with Crippen molar-refractivity contribution in [1.29, 1.82) is 0 Å². The molecular formula is C12H8Cl2O3S. The van der Waals surface area contributed by atoms with Gasteiger partial charge in [-0.25, -0.2) is 8.42 Å². The molecule has 18 heavy (non-hydrogen) atoms. The molecule has 0 aliphatic heterocycles. The van der Waals surface area contributed by atoms with E-state index in [0.29, 0.717) is 0 Å². The summed E-state index contributed by atoms with van der Waals surface area (Å²) in [4.78, 5) is -0.117. The van der Waals surface area contributed by atoms with Crippen LogP contribution in [0.2, 0.25) is 10.0 Å². The predicted molar refractivity (Wildman–Crippen MR) is 70.0 cm³/mol. The summed E-state index contributed by atoms with van der Waals surface area (Å²) in [5, 5.41) is 9.38. The lowest BCUT2D eigenvalue weighted by Gasteiger charge is -2.08. The van der Waals surface area contributed by atoms with Crippen LogP contribution in [0.25, 0.3) is 0 Å². The molecule has 0 aromatic heterocycles. The fraction of sp³-hybridized carbons (Fsp3) is 0. The van der Waals surface area contributed by atoms with Crippen LogP contribution in [-0.2, 0) is 9.84 Å². The zero-order chi connectivity index (χ0) is 13.3. The van der Waals surface area contributed by atoms with E-state index in [2.05, 4.69) is 0 Å². The van der Waals surface area contributed by atoms with E-state index in [0.717, 1.165) is 0 Å². The third-order valence-corrected chi connectivity index (χ3v) is 4.85. The average molecular weight is 303 g/mol. The minimum absolute atomic E-state index is 0.0913. The zero-order valence-corrected chi connectivity index (χ0v) is 11.3. The van der Waals surface area contributed by atoms with Gasteiger partial charge in [-0.15, -0.1) is 0 Å². The number of phenolic OH excluding ortho intramolecular Hbond substituents is 1.